The average molecular weight is 551 g/mol. The van der Waals surface area contributed by atoms with Crippen LogP contribution in [0.2, 0.25) is 0 Å². The van der Waals surface area contributed by atoms with E-state index in [-0.39, 0.29) is 36.1 Å². The molecule has 0 saturated carbocycles. The molecule has 8 nitrogen and oxygen atoms in total. The van der Waals surface area contributed by atoms with E-state index >= 15 is 0 Å². The minimum atomic E-state index is -3.69. The summed E-state index contributed by atoms with van der Waals surface area (Å²) in [5.74, 6) is -0.376. The molecule has 10 heteroatoms. The standard InChI is InChI=1S/C28H30N4O4S2/c1-19-15-32(16-20(2)36-19)38(34,35)23-10-8-22(9-11-23)27(33)30-28-25(14-29)24-12-13-31(18-26(24)37-28)17-21-6-4-3-5-7-21/h3-11,19-20H,12-13,15-18H2,1-2H3,(H,30,33)/t19-,20+. The van der Waals surface area contributed by atoms with Crippen LogP contribution in [-0.2, 0) is 34.3 Å². The molecule has 198 valence electrons. The smallest absolute Gasteiger partial charge is 0.256 e. The van der Waals surface area contributed by atoms with Gasteiger partial charge in [0, 0.05) is 43.2 Å². The molecule has 2 aliphatic rings. The van der Waals surface area contributed by atoms with Crippen molar-refractivity contribution in [1.29, 1.82) is 5.26 Å². The van der Waals surface area contributed by atoms with Gasteiger partial charge in [-0.2, -0.15) is 9.57 Å². The highest BCUT2D eigenvalue weighted by atomic mass is 32.2. The van der Waals surface area contributed by atoms with Crippen molar-refractivity contribution in [2.75, 3.05) is 25.0 Å². The van der Waals surface area contributed by atoms with Crippen LogP contribution in [0.4, 0.5) is 5.00 Å². The number of anilines is 1. The molecule has 0 bridgehead atoms. The van der Waals surface area contributed by atoms with Crippen molar-refractivity contribution in [2.24, 2.45) is 0 Å². The van der Waals surface area contributed by atoms with Gasteiger partial charge in [0.25, 0.3) is 5.91 Å². The highest BCUT2D eigenvalue weighted by molar-refractivity contribution is 7.89. The van der Waals surface area contributed by atoms with Crippen LogP contribution in [0.3, 0.4) is 0 Å². The number of rotatable bonds is 6. The summed E-state index contributed by atoms with van der Waals surface area (Å²) in [6.45, 7) is 6.69. The molecule has 1 amide bonds. The first-order valence-electron chi connectivity index (χ1n) is 12.6. The third-order valence-electron chi connectivity index (χ3n) is 6.86. The molecule has 0 aliphatic carbocycles. The number of morpholine rings is 1. The Morgan fingerprint density at radius 2 is 1.79 bits per heavy atom. The minimum Gasteiger partial charge on any atom is -0.373 e. The van der Waals surface area contributed by atoms with Gasteiger partial charge < -0.3 is 10.1 Å². The second-order valence-electron chi connectivity index (χ2n) is 9.82. The van der Waals surface area contributed by atoms with E-state index in [0.717, 1.165) is 36.5 Å². The Labute approximate surface area is 227 Å². The highest BCUT2D eigenvalue weighted by Crippen LogP contribution is 2.37. The number of fused-ring (bicyclic) bond motifs is 1. The summed E-state index contributed by atoms with van der Waals surface area (Å²) in [6, 6.07) is 18.5. The lowest BCUT2D eigenvalue weighted by Gasteiger charge is -2.34. The van der Waals surface area contributed by atoms with Gasteiger partial charge in [-0.1, -0.05) is 30.3 Å². The second-order valence-corrected chi connectivity index (χ2v) is 12.9. The zero-order valence-corrected chi connectivity index (χ0v) is 23.0. The van der Waals surface area contributed by atoms with Crippen LogP contribution in [-0.4, -0.2) is 55.4 Å². The number of ether oxygens (including phenoxy) is 1. The molecule has 3 aromatic rings. The van der Waals surface area contributed by atoms with Crippen LogP contribution in [0, 0.1) is 11.3 Å². The summed E-state index contributed by atoms with van der Waals surface area (Å²) >= 11 is 1.44. The summed E-state index contributed by atoms with van der Waals surface area (Å²) < 4.78 is 33.3. The Kier molecular flexibility index (Phi) is 7.66. The fourth-order valence-electron chi connectivity index (χ4n) is 5.07. The van der Waals surface area contributed by atoms with Crippen LogP contribution in [0.5, 0.6) is 0 Å². The lowest BCUT2D eigenvalue weighted by atomic mass is 10.0. The van der Waals surface area contributed by atoms with Crippen molar-refractivity contribution in [1.82, 2.24) is 9.21 Å². The molecule has 1 fully saturated rings. The van der Waals surface area contributed by atoms with Crippen LogP contribution in [0.25, 0.3) is 0 Å². The van der Waals surface area contributed by atoms with Crippen molar-refractivity contribution in [2.45, 2.75) is 50.5 Å². The predicted molar refractivity (Wildman–Crippen MR) is 146 cm³/mol. The maximum absolute atomic E-state index is 13.1. The number of nitrogens with zero attached hydrogens (tertiary/aromatic N) is 3. The zero-order chi connectivity index (χ0) is 26.9. The van der Waals surface area contributed by atoms with Gasteiger partial charge >= 0.3 is 0 Å². The molecule has 0 radical (unpaired) electrons. The fourth-order valence-corrected chi connectivity index (χ4v) is 7.89. The maximum atomic E-state index is 13.1. The largest absolute Gasteiger partial charge is 0.373 e. The molecule has 2 aromatic carbocycles. The Morgan fingerprint density at radius 3 is 2.45 bits per heavy atom. The molecule has 3 heterocycles. The summed E-state index contributed by atoms with van der Waals surface area (Å²) in [5.41, 5.74) is 3.10. The number of sulfonamides is 1. The van der Waals surface area contributed by atoms with E-state index in [2.05, 4.69) is 28.4 Å². The molecule has 1 saturated heterocycles. The van der Waals surface area contributed by atoms with Crippen LogP contribution in [0.15, 0.2) is 59.5 Å². The Morgan fingerprint density at radius 1 is 1.11 bits per heavy atom. The van der Waals surface area contributed by atoms with E-state index in [0.29, 0.717) is 16.1 Å². The Hall–Kier alpha value is -3.07. The van der Waals surface area contributed by atoms with E-state index < -0.39 is 10.0 Å². The van der Waals surface area contributed by atoms with Crippen molar-refractivity contribution in [3.63, 3.8) is 0 Å². The van der Waals surface area contributed by atoms with Crippen molar-refractivity contribution in [3.8, 4) is 6.07 Å². The van der Waals surface area contributed by atoms with Gasteiger partial charge in [0.05, 0.1) is 22.7 Å². The molecular formula is C28H30N4O4S2. The van der Waals surface area contributed by atoms with Gasteiger partial charge in [-0.25, -0.2) is 8.42 Å². The Balaban J connectivity index is 1.29. The molecule has 38 heavy (non-hydrogen) atoms. The van der Waals surface area contributed by atoms with Crippen molar-refractivity contribution in [3.05, 3.63) is 81.7 Å². The summed E-state index contributed by atoms with van der Waals surface area (Å²) in [7, 11) is -3.69. The number of carbonyl (C=O) groups is 1. The number of thiophene rings is 1. The van der Waals surface area contributed by atoms with Gasteiger partial charge in [0.1, 0.15) is 11.1 Å². The molecule has 0 unspecified atom stereocenters. The van der Waals surface area contributed by atoms with Gasteiger partial charge in [-0.05, 0) is 55.7 Å². The lowest BCUT2D eigenvalue weighted by Crippen LogP contribution is -2.48. The molecule has 0 spiro atoms. The topological polar surface area (TPSA) is 103 Å². The van der Waals surface area contributed by atoms with E-state index in [1.807, 2.05) is 32.0 Å². The van der Waals surface area contributed by atoms with Crippen LogP contribution >= 0.6 is 11.3 Å². The van der Waals surface area contributed by atoms with Crippen LogP contribution in [0.1, 0.15) is 45.8 Å². The first-order chi connectivity index (χ1) is 18.2. The van der Waals surface area contributed by atoms with Crippen molar-refractivity contribution < 1.29 is 17.9 Å². The van der Waals surface area contributed by atoms with E-state index in [1.54, 1.807) is 0 Å². The molecule has 2 atom stereocenters. The zero-order valence-electron chi connectivity index (χ0n) is 21.4. The van der Waals surface area contributed by atoms with Crippen LogP contribution < -0.4 is 5.32 Å². The quantitative estimate of drug-likeness (QED) is 0.493. The number of amides is 1. The molecule has 2 aliphatic heterocycles. The minimum absolute atomic E-state index is 0.137. The number of hydrogen-bond acceptors (Lipinski definition) is 7. The van der Waals surface area contributed by atoms with Gasteiger partial charge in [0.2, 0.25) is 10.0 Å². The van der Waals surface area contributed by atoms with Gasteiger partial charge in [-0.15, -0.1) is 11.3 Å². The third-order valence-corrected chi connectivity index (χ3v) is 9.84. The number of nitrogens with one attached hydrogen (secondary N) is 1. The van der Waals surface area contributed by atoms with Gasteiger partial charge in [0.15, 0.2) is 0 Å². The van der Waals surface area contributed by atoms with Crippen molar-refractivity contribution >= 4 is 32.3 Å². The summed E-state index contributed by atoms with van der Waals surface area (Å²) in [6.07, 6.45) is 0.382. The third kappa shape index (κ3) is 5.53. The molecule has 5 rings (SSSR count). The SMILES string of the molecule is C[C@@H]1CN(S(=O)(=O)c2ccc(C(=O)Nc3sc4c(c3C#N)CCN(Cc3ccccc3)C4)cc2)C[C@H](C)O1. The highest BCUT2D eigenvalue weighted by Gasteiger charge is 2.32. The number of benzene rings is 2. The number of hydrogen-bond donors (Lipinski definition) is 1. The molecule has 1 aromatic heterocycles. The second kappa shape index (κ2) is 11.0. The monoisotopic (exact) mass is 550 g/mol. The summed E-state index contributed by atoms with van der Waals surface area (Å²) in [5, 5.41) is 13.3. The molecular weight excluding hydrogens is 520 g/mol. The number of carbonyl (C=O) groups excluding carboxylic acids is 1. The molecule has 1 N–H and O–H groups in total. The lowest BCUT2D eigenvalue weighted by molar-refractivity contribution is -0.0440. The fraction of sp³-hybridized carbons (Fsp3) is 0.357. The predicted octanol–water partition coefficient (Wildman–Crippen LogP) is 4.23. The maximum Gasteiger partial charge on any atom is 0.256 e. The average Bonchev–Trinajstić information content (AvgIpc) is 3.24. The number of nitriles is 1. The first-order valence-corrected chi connectivity index (χ1v) is 14.9. The van der Waals surface area contributed by atoms with E-state index in [1.165, 1.54) is 45.5 Å². The van der Waals surface area contributed by atoms with Gasteiger partial charge in [-0.3, -0.25) is 9.69 Å². The normalized spacial score (nSPS) is 20.4. The van der Waals surface area contributed by atoms with E-state index in [4.69, 9.17) is 4.74 Å². The Bertz CT molecular complexity index is 1450. The van der Waals surface area contributed by atoms with E-state index in [9.17, 15) is 18.5 Å². The summed E-state index contributed by atoms with van der Waals surface area (Å²) in [4.78, 5) is 16.6. The first kappa shape index (κ1) is 26.5.